The summed E-state index contributed by atoms with van der Waals surface area (Å²) in [6.45, 7) is 0. The number of phenolic OH excluding ortho intramolecular Hbond substituents is 2. The molecular weight excluding hydrogens is 576 g/mol. The minimum absolute atomic E-state index is 0.159. The molecule has 0 atom stereocenters. The first-order chi connectivity index (χ1) is 23.2. The van der Waals surface area contributed by atoms with Gasteiger partial charge in [0, 0.05) is 10.9 Å². The van der Waals surface area contributed by atoms with Gasteiger partial charge in [-0.15, -0.1) is 0 Å². The summed E-state index contributed by atoms with van der Waals surface area (Å²) in [5, 5.41) is 27.6. The Morgan fingerprint density at radius 1 is 0.362 bits per heavy atom. The van der Waals surface area contributed by atoms with Crippen LogP contribution in [0, 0.1) is 0 Å². The van der Waals surface area contributed by atoms with Crippen LogP contribution in [0.5, 0.6) is 11.5 Å². The largest absolute Gasteiger partial charge is 0.508 e. The third-order valence-electron chi connectivity index (χ3n) is 9.29. The standard InChI is InChI=1S/C44H28O3/c45-30-21-18-28(19-22-30)32-23-25-40-43(44(32)46)38-26-29(20-24-39(38)47-40)41-34-14-6-8-16-36(34)42(37-17-9-7-15-35(37)41)33-13-5-4-12-31(33)27-10-2-1-3-11-27/h1-26,45-46H. The molecule has 0 amide bonds. The van der Waals surface area contributed by atoms with Gasteiger partial charge in [0.25, 0.3) is 0 Å². The molecule has 0 fully saturated rings. The molecule has 0 radical (unpaired) electrons. The van der Waals surface area contributed by atoms with E-state index in [1.807, 2.05) is 18.2 Å². The highest BCUT2D eigenvalue weighted by Gasteiger charge is 2.21. The van der Waals surface area contributed by atoms with E-state index in [1.54, 1.807) is 24.3 Å². The van der Waals surface area contributed by atoms with Gasteiger partial charge in [0.05, 0.1) is 5.39 Å². The second-order valence-corrected chi connectivity index (χ2v) is 11.9. The van der Waals surface area contributed by atoms with Gasteiger partial charge in [-0.3, -0.25) is 0 Å². The third kappa shape index (κ3) is 4.28. The molecule has 3 heteroatoms. The van der Waals surface area contributed by atoms with E-state index in [1.165, 1.54) is 33.0 Å². The molecule has 222 valence electrons. The Labute approximate surface area is 271 Å². The summed E-state index contributed by atoms with van der Waals surface area (Å²) < 4.78 is 6.24. The molecule has 0 unspecified atom stereocenters. The Bertz CT molecular complexity index is 2570. The van der Waals surface area contributed by atoms with Crippen LogP contribution >= 0.6 is 0 Å². The molecule has 0 bridgehead atoms. The Balaban J connectivity index is 1.32. The van der Waals surface area contributed by atoms with Crippen LogP contribution in [-0.2, 0) is 0 Å². The van der Waals surface area contributed by atoms with Crippen molar-refractivity contribution in [2.75, 3.05) is 0 Å². The van der Waals surface area contributed by atoms with Crippen LogP contribution in [0.4, 0.5) is 0 Å². The van der Waals surface area contributed by atoms with Gasteiger partial charge < -0.3 is 14.6 Å². The smallest absolute Gasteiger partial charge is 0.139 e. The zero-order valence-corrected chi connectivity index (χ0v) is 25.3. The first-order valence-corrected chi connectivity index (χ1v) is 15.7. The van der Waals surface area contributed by atoms with Crippen molar-refractivity contribution in [3.05, 3.63) is 158 Å². The highest BCUT2D eigenvalue weighted by Crippen LogP contribution is 2.48. The lowest BCUT2D eigenvalue weighted by molar-refractivity contribution is 0.475. The van der Waals surface area contributed by atoms with E-state index in [0.717, 1.165) is 32.8 Å². The molecule has 0 aliphatic heterocycles. The van der Waals surface area contributed by atoms with E-state index in [9.17, 15) is 10.2 Å². The number of furan rings is 1. The fraction of sp³-hybridized carbons (Fsp3) is 0. The van der Waals surface area contributed by atoms with Crippen LogP contribution in [0.15, 0.2) is 162 Å². The van der Waals surface area contributed by atoms with E-state index < -0.39 is 0 Å². The minimum atomic E-state index is 0.159. The molecule has 0 saturated heterocycles. The van der Waals surface area contributed by atoms with Crippen molar-refractivity contribution in [3.8, 4) is 56.0 Å². The van der Waals surface area contributed by atoms with Crippen LogP contribution < -0.4 is 0 Å². The third-order valence-corrected chi connectivity index (χ3v) is 9.29. The number of fused-ring (bicyclic) bond motifs is 5. The second kappa shape index (κ2) is 10.6. The average Bonchev–Trinajstić information content (AvgIpc) is 3.50. The summed E-state index contributed by atoms with van der Waals surface area (Å²) in [5.74, 6) is 0.341. The van der Waals surface area contributed by atoms with Crippen LogP contribution in [-0.4, -0.2) is 10.2 Å². The zero-order chi connectivity index (χ0) is 31.5. The lowest BCUT2D eigenvalue weighted by Gasteiger charge is -2.19. The topological polar surface area (TPSA) is 53.6 Å². The number of aromatic hydroxyl groups is 2. The summed E-state index contributed by atoms with van der Waals surface area (Å²) in [6.07, 6.45) is 0. The zero-order valence-electron chi connectivity index (χ0n) is 25.3. The normalized spacial score (nSPS) is 11.6. The highest BCUT2D eigenvalue weighted by molar-refractivity contribution is 6.23. The van der Waals surface area contributed by atoms with Crippen LogP contribution in [0.25, 0.3) is 88.0 Å². The Hall–Kier alpha value is -6.32. The molecule has 9 rings (SSSR count). The van der Waals surface area contributed by atoms with Crippen molar-refractivity contribution >= 4 is 43.5 Å². The van der Waals surface area contributed by atoms with Gasteiger partial charge in [-0.05, 0) is 96.9 Å². The molecule has 0 aliphatic carbocycles. The summed E-state index contributed by atoms with van der Waals surface area (Å²) in [6, 6.07) is 53.5. The van der Waals surface area contributed by atoms with Crippen LogP contribution in [0.3, 0.4) is 0 Å². The number of hydrogen-bond acceptors (Lipinski definition) is 3. The fourth-order valence-corrected chi connectivity index (χ4v) is 7.18. The van der Waals surface area contributed by atoms with Gasteiger partial charge in [0.1, 0.15) is 22.7 Å². The predicted octanol–water partition coefficient (Wildman–Crippen LogP) is 12.0. The Morgan fingerprint density at radius 3 is 1.57 bits per heavy atom. The maximum absolute atomic E-state index is 11.6. The number of benzene rings is 8. The van der Waals surface area contributed by atoms with Crippen LogP contribution in [0.2, 0.25) is 0 Å². The Kier molecular flexibility index (Phi) is 6.12. The lowest BCUT2D eigenvalue weighted by Crippen LogP contribution is -1.92. The first kappa shape index (κ1) is 27.0. The van der Waals surface area contributed by atoms with E-state index in [0.29, 0.717) is 22.1 Å². The van der Waals surface area contributed by atoms with E-state index >= 15 is 0 Å². The summed E-state index contributed by atoms with van der Waals surface area (Å²) in [5.41, 5.74) is 9.81. The van der Waals surface area contributed by atoms with Gasteiger partial charge in [0.15, 0.2) is 0 Å². The van der Waals surface area contributed by atoms with Crippen molar-refractivity contribution < 1.29 is 14.6 Å². The highest BCUT2D eigenvalue weighted by atomic mass is 16.3. The average molecular weight is 605 g/mol. The molecule has 1 aromatic heterocycles. The minimum Gasteiger partial charge on any atom is -0.508 e. The SMILES string of the molecule is Oc1ccc(-c2ccc3oc4ccc(-c5c6ccccc6c(-c6ccccc6-c6ccccc6)c6ccccc56)cc4c3c2O)cc1. The van der Waals surface area contributed by atoms with Crippen molar-refractivity contribution in [2.24, 2.45) is 0 Å². The van der Waals surface area contributed by atoms with Gasteiger partial charge in [0.2, 0.25) is 0 Å². The lowest BCUT2D eigenvalue weighted by atomic mass is 9.83. The molecular formula is C44H28O3. The predicted molar refractivity (Wildman–Crippen MR) is 194 cm³/mol. The molecule has 0 aliphatic rings. The molecule has 8 aromatic carbocycles. The summed E-state index contributed by atoms with van der Waals surface area (Å²) in [4.78, 5) is 0. The van der Waals surface area contributed by atoms with E-state index in [-0.39, 0.29) is 11.5 Å². The molecule has 2 N–H and O–H groups in total. The summed E-state index contributed by atoms with van der Waals surface area (Å²) >= 11 is 0. The maximum Gasteiger partial charge on any atom is 0.139 e. The maximum atomic E-state index is 11.6. The first-order valence-electron chi connectivity index (χ1n) is 15.7. The Morgan fingerprint density at radius 2 is 0.894 bits per heavy atom. The van der Waals surface area contributed by atoms with Crippen molar-refractivity contribution in [1.29, 1.82) is 0 Å². The molecule has 47 heavy (non-hydrogen) atoms. The molecule has 1 heterocycles. The van der Waals surface area contributed by atoms with Gasteiger partial charge in [-0.1, -0.05) is 121 Å². The van der Waals surface area contributed by atoms with Crippen molar-refractivity contribution in [2.45, 2.75) is 0 Å². The van der Waals surface area contributed by atoms with Gasteiger partial charge in [-0.25, -0.2) is 0 Å². The molecule has 3 nitrogen and oxygen atoms in total. The molecule has 0 spiro atoms. The number of rotatable bonds is 4. The quantitative estimate of drug-likeness (QED) is 0.197. The van der Waals surface area contributed by atoms with Crippen molar-refractivity contribution in [1.82, 2.24) is 0 Å². The molecule has 0 saturated carbocycles. The van der Waals surface area contributed by atoms with Gasteiger partial charge in [-0.2, -0.15) is 0 Å². The fourth-order valence-electron chi connectivity index (χ4n) is 7.18. The van der Waals surface area contributed by atoms with Crippen LogP contribution in [0.1, 0.15) is 0 Å². The van der Waals surface area contributed by atoms with E-state index in [4.69, 9.17) is 4.42 Å². The monoisotopic (exact) mass is 604 g/mol. The van der Waals surface area contributed by atoms with Gasteiger partial charge >= 0.3 is 0 Å². The van der Waals surface area contributed by atoms with E-state index in [2.05, 4.69) is 115 Å². The van der Waals surface area contributed by atoms with Crippen molar-refractivity contribution in [3.63, 3.8) is 0 Å². The molecule has 9 aromatic rings. The number of hydrogen-bond donors (Lipinski definition) is 2. The second-order valence-electron chi connectivity index (χ2n) is 11.9. The number of phenols is 2. The summed E-state index contributed by atoms with van der Waals surface area (Å²) in [7, 11) is 0.